The van der Waals surface area contributed by atoms with Gasteiger partial charge in [-0.3, -0.25) is 0 Å². The van der Waals surface area contributed by atoms with Gasteiger partial charge >= 0.3 is 0 Å². The molecule has 3 nitrogen and oxygen atoms in total. The smallest absolute Gasteiger partial charge is 0.142 e. The zero-order chi connectivity index (χ0) is 12.1. The van der Waals surface area contributed by atoms with Gasteiger partial charge in [0, 0.05) is 32.1 Å². The number of benzene rings is 1. The third kappa shape index (κ3) is 1.46. The maximum absolute atomic E-state index is 5.92. The summed E-state index contributed by atoms with van der Waals surface area (Å²) in [5.41, 5.74) is 2.92. The number of likely N-dealkylation sites (N-methyl/N-ethyl adjacent to an activating group) is 1. The minimum atomic E-state index is 0.711. The van der Waals surface area contributed by atoms with Gasteiger partial charge in [0.15, 0.2) is 0 Å². The molecule has 0 N–H and O–H groups in total. The molecule has 0 radical (unpaired) electrons. The lowest BCUT2D eigenvalue weighted by Crippen LogP contribution is -2.37. The van der Waals surface area contributed by atoms with Crippen molar-refractivity contribution in [3.63, 3.8) is 0 Å². The molecule has 3 aliphatic rings. The second-order valence-corrected chi connectivity index (χ2v) is 5.93. The molecule has 0 amide bonds. The van der Waals surface area contributed by atoms with Gasteiger partial charge in [0.2, 0.25) is 0 Å². The van der Waals surface area contributed by atoms with Crippen molar-refractivity contribution in [3.05, 3.63) is 23.8 Å². The van der Waals surface area contributed by atoms with Crippen LogP contribution in [0.3, 0.4) is 0 Å². The van der Waals surface area contributed by atoms with Crippen LogP contribution in [0, 0.1) is 5.92 Å². The third-order valence-corrected chi connectivity index (χ3v) is 4.65. The molecule has 18 heavy (non-hydrogen) atoms. The molecule has 0 aromatic heterocycles. The van der Waals surface area contributed by atoms with Crippen LogP contribution < -0.4 is 9.64 Å². The van der Waals surface area contributed by atoms with Gasteiger partial charge in [0.25, 0.3) is 0 Å². The van der Waals surface area contributed by atoms with E-state index in [1.54, 1.807) is 0 Å². The maximum atomic E-state index is 5.92. The van der Waals surface area contributed by atoms with Crippen LogP contribution in [-0.2, 0) is 0 Å². The molecule has 0 bridgehead atoms. The molecule has 1 fully saturated rings. The number of rotatable bonds is 0. The van der Waals surface area contributed by atoms with Crippen molar-refractivity contribution in [2.24, 2.45) is 5.92 Å². The van der Waals surface area contributed by atoms with E-state index >= 15 is 0 Å². The van der Waals surface area contributed by atoms with Crippen LogP contribution in [0.25, 0.3) is 0 Å². The summed E-state index contributed by atoms with van der Waals surface area (Å²) in [5.74, 6) is 2.62. The fraction of sp³-hybridized carbons (Fsp3) is 0.600. The lowest BCUT2D eigenvalue weighted by atomic mass is 9.83. The van der Waals surface area contributed by atoms with Gasteiger partial charge < -0.3 is 14.5 Å². The molecule has 0 aliphatic carbocycles. The van der Waals surface area contributed by atoms with E-state index in [0.717, 1.165) is 31.2 Å². The number of fused-ring (bicyclic) bond motifs is 2. The summed E-state index contributed by atoms with van der Waals surface area (Å²) in [5, 5.41) is 0. The van der Waals surface area contributed by atoms with Crippen molar-refractivity contribution in [2.75, 3.05) is 44.7 Å². The summed E-state index contributed by atoms with van der Waals surface area (Å²) in [4.78, 5) is 5.04. The minimum absolute atomic E-state index is 0.711. The molecular formula is C15H20N2O. The average molecular weight is 244 g/mol. The first-order chi connectivity index (χ1) is 8.83. The fourth-order valence-electron chi connectivity index (χ4n) is 3.93. The van der Waals surface area contributed by atoms with Gasteiger partial charge in [-0.05, 0) is 31.0 Å². The molecule has 1 saturated heterocycles. The zero-order valence-electron chi connectivity index (χ0n) is 10.9. The lowest BCUT2D eigenvalue weighted by Gasteiger charge is -2.37. The minimum Gasteiger partial charge on any atom is -0.491 e. The van der Waals surface area contributed by atoms with Crippen LogP contribution in [0.4, 0.5) is 5.69 Å². The van der Waals surface area contributed by atoms with Gasteiger partial charge in [-0.15, -0.1) is 0 Å². The fourth-order valence-corrected chi connectivity index (χ4v) is 3.93. The SMILES string of the molecule is CN1C[C@H]2CN3CCCOc4cccc(c43)[C@H]2C1. The van der Waals surface area contributed by atoms with Crippen LogP contribution in [-0.4, -0.2) is 44.7 Å². The summed E-state index contributed by atoms with van der Waals surface area (Å²) < 4.78 is 5.92. The molecule has 96 valence electrons. The van der Waals surface area contributed by atoms with E-state index in [-0.39, 0.29) is 0 Å². The standard InChI is InChI=1S/C15H20N2O/c1-16-8-11-9-17-6-3-7-18-14-5-2-4-12(15(14)17)13(11)10-16/h2,4-5,11,13H,3,6-10H2,1H3/t11-,13-/m0/s1. The predicted molar refractivity (Wildman–Crippen MR) is 72.5 cm³/mol. The molecule has 0 saturated carbocycles. The number of hydrogen-bond donors (Lipinski definition) is 0. The van der Waals surface area contributed by atoms with Gasteiger partial charge in [0.1, 0.15) is 5.75 Å². The Hall–Kier alpha value is -1.22. The molecule has 2 atom stereocenters. The Morgan fingerprint density at radius 2 is 2.17 bits per heavy atom. The number of hydrogen-bond acceptors (Lipinski definition) is 3. The molecule has 1 aromatic carbocycles. The van der Waals surface area contributed by atoms with Crippen LogP contribution in [0.2, 0.25) is 0 Å². The van der Waals surface area contributed by atoms with Crippen molar-refractivity contribution in [3.8, 4) is 5.75 Å². The van der Waals surface area contributed by atoms with Crippen LogP contribution in [0.15, 0.2) is 18.2 Å². The molecule has 4 rings (SSSR count). The maximum Gasteiger partial charge on any atom is 0.142 e. The van der Waals surface area contributed by atoms with E-state index < -0.39 is 0 Å². The molecule has 0 unspecified atom stereocenters. The second-order valence-electron chi connectivity index (χ2n) is 5.93. The highest BCUT2D eigenvalue weighted by molar-refractivity contribution is 5.67. The highest BCUT2D eigenvalue weighted by Gasteiger charge is 2.40. The first kappa shape index (κ1) is 10.7. The molecular weight excluding hydrogens is 224 g/mol. The largest absolute Gasteiger partial charge is 0.491 e. The van der Waals surface area contributed by atoms with E-state index in [0.29, 0.717) is 5.92 Å². The average Bonchev–Trinajstić information content (AvgIpc) is 2.61. The number of nitrogens with zero attached hydrogens (tertiary/aromatic N) is 2. The third-order valence-electron chi connectivity index (χ3n) is 4.65. The Bertz CT molecular complexity index is 474. The number of ether oxygens (including phenoxy) is 1. The van der Waals surface area contributed by atoms with Crippen molar-refractivity contribution in [1.82, 2.24) is 4.90 Å². The normalized spacial score (nSPS) is 30.4. The van der Waals surface area contributed by atoms with E-state index in [4.69, 9.17) is 4.74 Å². The van der Waals surface area contributed by atoms with Gasteiger partial charge in [0.05, 0.1) is 12.3 Å². The van der Waals surface area contributed by atoms with Gasteiger partial charge in [-0.1, -0.05) is 12.1 Å². The summed E-state index contributed by atoms with van der Waals surface area (Å²) in [6, 6.07) is 6.62. The van der Waals surface area contributed by atoms with Gasteiger partial charge in [-0.25, -0.2) is 0 Å². The van der Waals surface area contributed by atoms with Crippen LogP contribution >= 0.6 is 0 Å². The zero-order valence-corrected chi connectivity index (χ0v) is 10.9. The Labute approximate surface area is 108 Å². The van der Waals surface area contributed by atoms with Gasteiger partial charge in [-0.2, -0.15) is 0 Å². The predicted octanol–water partition coefficient (Wildman–Crippen LogP) is 1.93. The summed E-state index contributed by atoms with van der Waals surface area (Å²) in [6.45, 7) is 5.67. The highest BCUT2D eigenvalue weighted by atomic mass is 16.5. The lowest BCUT2D eigenvalue weighted by molar-refractivity contribution is 0.322. The molecule has 3 heterocycles. The molecule has 3 aliphatic heterocycles. The molecule has 0 spiro atoms. The van der Waals surface area contributed by atoms with Crippen LogP contribution in [0.1, 0.15) is 17.9 Å². The Morgan fingerprint density at radius 3 is 3.11 bits per heavy atom. The van der Waals surface area contributed by atoms with E-state index in [1.807, 2.05) is 0 Å². The second kappa shape index (κ2) is 3.89. The van der Waals surface area contributed by atoms with Crippen molar-refractivity contribution >= 4 is 5.69 Å². The van der Waals surface area contributed by atoms with E-state index in [2.05, 4.69) is 35.0 Å². The van der Waals surface area contributed by atoms with Crippen LogP contribution in [0.5, 0.6) is 5.75 Å². The van der Waals surface area contributed by atoms with E-state index in [9.17, 15) is 0 Å². The van der Waals surface area contributed by atoms with Crippen molar-refractivity contribution in [2.45, 2.75) is 12.3 Å². The topological polar surface area (TPSA) is 15.7 Å². The molecule has 3 heteroatoms. The number of para-hydroxylation sites is 1. The van der Waals surface area contributed by atoms with Crippen molar-refractivity contribution in [1.29, 1.82) is 0 Å². The first-order valence-electron chi connectivity index (χ1n) is 7.02. The monoisotopic (exact) mass is 244 g/mol. The van der Waals surface area contributed by atoms with E-state index in [1.165, 1.54) is 30.9 Å². The number of anilines is 1. The van der Waals surface area contributed by atoms with Crippen molar-refractivity contribution < 1.29 is 4.74 Å². The quantitative estimate of drug-likeness (QED) is 0.693. The summed E-state index contributed by atoms with van der Waals surface area (Å²) >= 11 is 0. The number of likely N-dealkylation sites (tertiary alicyclic amines) is 1. The Morgan fingerprint density at radius 1 is 1.22 bits per heavy atom. The Kier molecular flexibility index (Phi) is 2.31. The summed E-state index contributed by atoms with van der Waals surface area (Å²) in [7, 11) is 2.24. The first-order valence-corrected chi connectivity index (χ1v) is 7.02. The molecule has 1 aromatic rings. The summed E-state index contributed by atoms with van der Waals surface area (Å²) in [6.07, 6.45) is 1.14. The highest BCUT2D eigenvalue weighted by Crippen LogP contribution is 2.47. The Balaban J connectivity index is 1.84.